The molecule has 1 aromatic rings. The summed E-state index contributed by atoms with van der Waals surface area (Å²) in [5, 5.41) is 0. The number of rotatable bonds is 1. The van der Waals surface area contributed by atoms with Gasteiger partial charge in [-0.05, 0) is 42.4 Å². The topological polar surface area (TPSA) is 35.2 Å². The number of hydrogen-bond donors (Lipinski definition) is 1. The molecule has 0 aromatic heterocycles. The van der Waals surface area contributed by atoms with E-state index in [9.17, 15) is 4.39 Å². The number of benzene rings is 1. The highest BCUT2D eigenvalue weighted by Crippen LogP contribution is 2.47. The van der Waals surface area contributed by atoms with E-state index in [1.165, 1.54) is 25.3 Å². The van der Waals surface area contributed by atoms with Gasteiger partial charge in [0.05, 0.1) is 7.11 Å². The van der Waals surface area contributed by atoms with Crippen molar-refractivity contribution in [2.24, 2.45) is 11.7 Å². The summed E-state index contributed by atoms with van der Waals surface area (Å²) in [6.45, 7) is 2.22. The number of nitrogens with two attached hydrogens (primary N) is 1. The SMILES string of the molecule is COc1cc(F)c2c(c1)[C@@]1(C)CCCCC[C@@H](C2)[C@@H]1N. The maximum Gasteiger partial charge on any atom is 0.130 e. The third-order valence-corrected chi connectivity index (χ3v) is 5.50. The van der Waals surface area contributed by atoms with Crippen molar-refractivity contribution in [1.29, 1.82) is 0 Å². The van der Waals surface area contributed by atoms with Gasteiger partial charge in [-0.25, -0.2) is 4.39 Å². The van der Waals surface area contributed by atoms with Gasteiger partial charge in [-0.1, -0.05) is 26.2 Å². The third kappa shape index (κ3) is 2.03. The molecule has 3 atom stereocenters. The Morgan fingerprint density at radius 3 is 2.85 bits per heavy atom. The third-order valence-electron chi connectivity index (χ3n) is 5.50. The van der Waals surface area contributed by atoms with Gasteiger partial charge in [0.25, 0.3) is 0 Å². The summed E-state index contributed by atoms with van der Waals surface area (Å²) in [7, 11) is 1.59. The molecule has 2 N–H and O–H groups in total. The van der Waals surface area contributed by atoms with Crippen LogP contribution in [0, 0.1) is 11.7 Å². The molecule has 3 heteroatoms. The summed E-state index contributed by atoms with van der Waals surface area (Å²) in [5.74, 6) is 0.897. The second kappa shape index (κ2) is 5.03. The fraction of sp³-hybridized carbons (Fsp3) is 0.647. The zero-order valence-electron chi connectivity index (χ0n) is 12.4. The van der Waals surface area contributed by atoms with E-state index in [2.05, 4.69) is 6.92 Å². The zero-order valence-corrected chi connectivity index (χ0v) is 12.4. The van der Waals surface area contributed by atoms with Crippen LogP contribution in [0.15, 0.2) is 12.1 Å². The van der Waals surface area contributed by atoms with E-state index in [4.69, 9.17) is 10.5 Å². The van der Waals surface area contributed by atoms with Crippen LogP contribution in [0.4, 0.5) is 4.39 Å². The highest BCUT2D eigenvalue weighted by Gasteiger charge is 2.44. The first-order valence-electron chi connectivity index (χ1n) is 7.69. The van der Waals surface area contributed by atoms with Gasteiger partial charge >= 0.3 is 0 Å². The number of hydrogen-bond acceptors (Lipinski definition) is 2. The molecule has 1 saturated carbocycles. The van der Waals surface area contributed by atoms with Crippen molar-refractivity contribution in [3.05, 3.63) is 29.1 Å². The molecule has 0 amide bonds. The predicted molar refractivity (Wildman–Crippen MR) is 78.6 cm³/mol. The molecule has 2 aliphatic carbocycles. The molecule has 1 fully saturated rings. The maximum atomic E-state index is 14.4. The molecule has 3 rings (SSSR count). The minimum Gasteiger partial charge on any atom is -0.497 e. The molecule has 1 aromatic carbocycles. The Bertz CT molecular complexity index is 516. The van der Waals surface area contributed by atoms with E-state index in [0.717, 1.165) is 30.4 Å². The summed E-state index contributed by atoms with van der Waals surface area (Å²) in [6, 6.07) is 3.65. The van der Waals surface area contributed by atoms with Crippen LogP contribution in [-0.2, 0) is 11.8 Å². The van der Waals surface area contributed by atoms with E-state index in [0.29, 0.717) is 11.7 Å². The van der Waals surface area contributed by atoms with Crippen molar-refractivity contribution >= 4 is 0 Å². The maximum absolute atomic E-state index is 14.4. The molecule has 0 radical (unpaired) electrons. The van der Waals surface area contributed by atoms with Crippen LogP contribution in [-0.4, -0.2) is 13.2 Å². The van der Waals surface area contributed by atoms with Gasteiger partial charge in [0.1, 0.15) is 11.6 Å². The first-order chi connectivity index (χ1) is 9.56. The number of halogens is 1. The zero-order chi connectivity index (χ0) is 14.3. The lowest BCUT2D eigenvalue weighted by Gasteiger charge is -2.47. The van der Waals surface area contributed by atoms with Crippen molar-refractivity contribution in [3.63, 3.8) is 0 Å². The van der Waals surface area contributed by atoms with E-state index >= 15 is 0 Å². The van der Waals surface area contributed by atoms with Crippen LogP contribution in [0.25, 0.3) is 0 Å². The number of ether oxygens (including phenoxy) is 1. The van der Waals surface area contributed by atoms with Crippen LogP contribution in [0.5, 0.6) is 5.75 Å². The monoisotopic (exact) mass is 277 g/mol. The van der Waals surface area contributed by atoms with Crippen LogP contribution in [0.1, 0.15) is 50.2 Å². The molecule has 110 valence electrons. The van der Waals surface area contributed by atoms with E-state index in [1.54, 1.807) is 7.11 Å². The van der Waals surface area contributed by atoms with E-state index in [1.807, 2.05) is 6.07 Å². The smallest absolute Gasteiger partial charge is 0.130 e. The fourth-order valence-electron chi connectivity index (χ4n) is 4.19. The predicted octanol–water partition coefficient (Wildman–Crippen LogP) is 3.56. The van der Waals surface area contributed by atoms with Gasteiger partial charge in [0.15, 0.2) is 0 Å². The molecular weight excluding hydrogens is 253 g/mol. The second-order valence-corrected chi connectivity index (χ2v) is 6.64. The lowest BCUT2D eigenvalue weighted by Crippen LogP contribution is -2.53. The Labute approximate surface area is 120 Å². The summed E-state index contributed by atoms with van der Waals surface area (Å²) in [5.41, 5.74) is 8.42. The summed E-state index contributed by atoms with van der Waals surface area (Å²) in [4.78, 5) is 0. The van der Waals surface area contributed by atoms with Crippen LogP contribution in [0.3, 0.4) is 0 Å². The molecule has 2 bridgehead atoms. The Morgan fingerprint density at radius 1 is 1.30 bits per heavy atom. The molecule has 0 aliphatic heterocycles. The standard InChI is InChI=1S/C17H24FNO/c1-17-7-5-3-4-6-11(16(17)19)8-13-14(17)9-12(20-2)10-15(13)18/h9-11,16H,3-8,19H2,1-2H3/t11-,16-,17+/m0/s1. The quantitative estimate of drug-likeness (QED) is 0.852. The molecular formula is C17H24FNO. The van der Waals surface area contributed by atoms with Gasteiger partial charge in [-0.15, -0.1) is 0 Å². The van der Waals surface area contributed by atoms with Gasteiger partial charge in [0, 0.05) is 17.5 Å². The molecule has 0 unspecified atom stereocenters. The first kappa shape index (κ1) is 13.9. The van der Waals surface area contributed by atoms with Crippen molar-refractivity contribution < 1.29 is 9.13 Å². The summed E-state index contributed by atoms with van der Waals surface area (Å²) >= 11 is 0. The lowest BCUT2D eigenvalue weighted by molar-refractivity contribution is 0.198. The van der Waals surface area contributed by atoms with E-state index < -0.39 is 0 Å². The first-order valence-corrected chi connectivity index (χ1v) is 7.69. The molecule has 0 heterocycles. The number of methoxy groups -OCH3 is 1. The van der Waals surface area contributed by atoms with Gasteiger partial charge in [0.2, 0.25) is 0 Å². The minimum absolute atomic E-state index is 0.117. The van der Waals surface area contributed by atoms with Crippen molar-refractivity contribution in [3.8, 4) is 5.75 Å². The Morgan fingerprint density at radius 2 is 2.10 bits per heavy atom. The number of fused-ring (bicyclic) bond motifs is 4. The normalized spacial score (nSPS) is 33.0. The average Bonchev–Trinajstić information content (AvgIpc) is 2.44. The molecule has 20 heavy (non-hydrogen) atoms. The summed E-state index contributed by atoms with van der Waals surface area (Å²) < 4.78 is 19.7. The minimum atomic E-state index is -0.122. The Balaban J connectivity index is 2.15. The van der Waals surface area contributed by atoms with Crippen LogP contribution >= 0.6 is 0 Å². The van der Waals surface area contributed by atoms with Crippen LogP contribution in [0.2, 0.25) is 0 Å². The molecule has 0 saturated heterocycles. The lowest BCUT2D eigenvalue weighted by atomic mass is 9.60. The summed E-state index contributed by atoms with van der Waals surface area (Å²) in [6.07, 6.45) is 6.62. The fourth-order valence-corrected chi connectivity index (χ4v) is 4.19. The van der Waals surface area contributed by atoms with Crippen molar-refractivity contribution in [2.45, 2.75) is 56.9 Å². The molecule has 0 spiro atoms. The molecule has 2 aliphatic rings. The molecule has 2 nitrogen and oxygen atoms in total. The van der Waals surface area contributed by atoms with Crippen LogP contribution < -0.4 is 10.5 Å². The van der Waals surface area contributed by atoms with Gasteiger partial charge in [-0.3, -0.25) is 0 Å². The van der Waals surface area contributed by atoms with Gasteiger partial charge < -0.3 is 10.5 Å². The largest absolute Gasteiger partial charge is 0.497 e. The highest BCUT2D eigenvalue weighted by molar-refractivity contribution is 5.45. The van der Waals surface area contributed by atoms with E-state index in [-0.39, 0.29) is 17.3 Å². The highest BCUT2D eigenvalue weighted by atomic mass is 19.1. The Kier molecular flexibility index (Phi) is 3.49. The second-order valence-electron chi connectivity index (χ2n) is 6.64. The Hall–Kier alpha value is -1.09. The van der Waals surface area contributed by atoms with Gasteiger partial charge in [-0.2, -0.15) is 0 Å². The average molecular weight is 277 g/mol. The van der Waals surface area contributed by atoms with Crippen molar-refractivity contribution in [2.75, 3.05) is 7.11 Å². The van der Waals surface area contributed by atoms with Crippen molar-refractivity contribution in [1.82, 2.24) is 0 Å².